The van der Waals surface area contributed by atoms with Crippen molar-refractivity contribution in [1.82, 2.24) is 5.01 Å². The van der Waals surface area contributed by atoms with Crippen LogP contribution in [0, 0.1) is 0 Å². The molecule has 0 aliphatic heterocycles. The summed E-state index contributed by atoms with van der Waals surface area (Å²) in [6.45, 7) is 2.21. The molecule has 0 heterocycles. The highest BCUT2D eigenvalue weighted by Crippen LogP contribution is 2.08. The summed E-state index contributed by atoms with van der Waals surface area (Å²) in [7, 11) is 3.93. The summed E-state index contributed by atoms with van der Waals surface area (Å²) in [5.41, 5.74) is 2.42. The quantitative estimate of drug-likeness (QED) is 0.531. The van der Waals surface area contributed by atoms with Crippen LogP contribution in [0.25, 0.3) is 0 Å². The Balaban J connectivity index is 2.82. The molecule has 0 fully saturated rings. The van der Waals surface area contributed by atoms with Crippen LogP contribution in [0.1, 0.15) is 31.7 Å². The fraction of sp³-hybridized carbons (Fsp3) is 0.462. The van der Waals surface area contributed by atoms with E-state index in [9.17, 15) is 0 Å². The van der Waals surface area contributed by atoms with Crippen LogP contribution in [0.3, 0.4) is 0 Å². The molecule has 82 valence electrons. The van der Waals surface area contributed by atoms with Gasteiger partial charge in [-0.3, -0.25) is 0 Å². The average Bonchev–Trinajstić information content (AvgIpc) is 2.25. The van der Waals surface area contributed by atoms with Crippen molar-refractivity contribution in [2.45, 2.75) is 26.2 Å². The zero-order valence-corrected chi connectivity index (χ0v) is 9.90. The van der Waals surface area contributed by atoms with Gasteiger partial charge in [0, 0.05) is 14.1 Å². The second-order valence-electron chi connectivity index (χ2n) is 3.86. The van der Waals surface area contributed by atoms with Gasteiger partial charge in [0.15, 0.2) is 0 Å². The van der Waals surface area contributed by atoms with Gasteiger partial charge >= 0.3 is 0 Å². The third-order valence-corrected chi connectivity index (χ3v) is 2.19. The standard InChI is InChI=1S/C13H20N2/c1-4-5-11-13(14-15(2)3)12-9-7-6-8-10-12/h6-10H,4-5,11H2,1-3H3/b14-13+. The number of nitrogens with zero attached hydrogens (tertiary/aromatic N) is 2. The smallest absolute Gasteiger partial charge is 0.0677 e. The molecule has 15 heavy (non-hydrogen) atoms. The first-order valence-electron chi connectivity index (χ1n) is 5.54. The minimum Gasteiger partial charge on any atom is -0.303 e. The van der Waals surface area contributed by atoms with E-state index in [0.717, 1.165) is 6.42 Å². The summed E-state index contributed by atoms with van der Waals surface area (Å²) in [5, 5.41) is 6.41. The fourth-order valence-electron chi connectivity index (χ4n) is 1.47. The molecule has 0 saturated carbocycles. The van der Waals surface area contributed by atoms with Crippen LogP contribution in [0.15, 0.2) is 35.4 Å². The van der Waals surface area contributed by atoms with Crippen molar-refractivity contribution in [3.63, 3.8) is 0 Å². The lowest BCUT2D eigenvalue weighted by atomic mass is 10.1. The first kappa shape index (κ1) is 11.8. The van der Waals surface area contributed by atoms with Gasteiger partial charge in [-0.25, -0.2) is 0 Å². The molecule has 0 bridgehead atoms. The van der Waals surface area contributed by atoms with Crippen molar-refractivity contribution in [1.29, 1.82) is 0 Å². The first-order chi connectivity index (χ1) is 7.24. The van der Waals surface area contributed by atoms with E-state index in [-0.39, 0.29) is 0 Å². The monoisotopic (exact) mass is 204 g/mol. The van der Waals surface area contributed by atoms with E-state index in [2.05, 4.69) is 36.3 Å². The van der Waals surface area contributed by atoms with E-state index in [1.54, 1.807) is 0 Å². The summed E-state index contributed by atoms with van der Waals surface area (Å²) in [5.74, 6) is 0. The Morgan fingerprint density at radius 3 is 2.40 bits per heavy atom. The minimum absolute atomic E-state index is 1.05. The number of rotatable bonds is 5. The largest absolute Gasteiger partial charge is 0.303 e. The van der Waals surface area contributed by atoms with Crippen LogP contribution in [-0.4, -0.2) is 24.8 Å². The van der Waals surface area contributed by atoms with E-state index in [1.165, 1.54) is 24.1 Å². The predicted octanol–water partition coefficient (Wildman–Crippen LogP) is 3.14. The molecule has 0 aliphatic carbocycles. The highest BCUT2D eigenvalue weighted by atomic mass is 15.4. The molecule has 2 heteroatoms. The molecule has 0 spiro atoms. The maximum Gasteiger partial charge on any atom is 0.0677 e. The van der Waals surface area contributed by atoms with Gasteiger partial charge in [0.25, 0.3) is 0 Å². The zero-order chi connectivity index (χ0) is 11.1. The maximum absolute atomic E-state index is 4.53. The summed E-state index contributed by atoms with van der Waals surface area (Å²) in [6, 6.07) is 10.4. The van der Waals surface area contributed by atoms with Crippen LogP contribution in [-0.2, 0) is 0 Å². The van der Waals surface area contributed by atoms with E-state index in [1.807, 2.05) is 25.2 Å². The van der Waals surface area contributed by atoms with Crippen molar-refractivity contribution >= 4 is 5.71 Å². The SMILES string of the molecule is CCCC/C(=N\N(C)C)c1ccccc1. The highest BCUT2D eigenvalue weighted by molar-refractivity contribution is 6.00. The first-order valence-corrected chi connectivity index (χ1v) is 5.54. The van der Waals surface area contributed by atoms with Crippen LogP contribution >= 0.6 is 0 Å². The number of unbranched alkanes of at least 4 members (excludes halogenated alkanes) is 1. The lowest BCUT2D eigenvalue weighted by Gasteiger charge is -2.10. The fourth-order valence-corrected chi connectivity index (χ4v) is 1.47. The Morgan fingerprint density at radius 1 is 1.20 bits per heavy atom. The molecule has 1 aromatic carbocycles. The molecule has 0 aromatic heterocycles. The van der Waals surface area contributed by atoms with Crippen molar-refractivity contribution < 1.29 is 0 Å². The van der Waals surface area contributed by atoms with E-state index >= 15 is 0 Å². The molecule has 0 atom stereocenters. The van der Waals surface area contributed by atoms with Gasteiger partial charge < -0.3 is 5.01 Å². The summed E-state index contributed by atoms with van der Waals surface area (Å²) < 4.78 is 0. The van der Waals surface area contributed by atoms with E-state index in [0.29, 0.717) is 0 Å². The van der Waals surface area contributed by atoms with Gasteiger partial charge in [-0.15, -0.1) is 0 Å². The van der Waals surface area contributed by atoms with Gasteiger partial charge in [-0.1, -0.05) is 43.7 Å². The molecule has 0 radical (unpaired) electrons. The predicted molar refractivity (Wildman–Crippen MR) is 66.2 cm³/mol. The molecule has 2 nitrogen and oxygen atoms in total. The van der Waals surface area contributed by atoms with Gasteiger partial charge in [0.2, 0.25) is 0 Å². The van der Waals surface area contributed by atoms with Gasteiger partial charge in [0.1, 0.15) is 0 Å². The molecule has 0 amide bonds. The van der Waals surface area contributed by atoms with E-state index in [4.69, 9.17) is 0 Å². The topological polar surface area (TPSA) is 15.6 Å². The Bertz CT molecular complexity index is 302. The molecular formula is C13H20N2. The van der Waals surface area contributed by atoms with Crippen LogP contribution in [0.2, 0.25) is 0 Å². The number of hydrazone groups is 1. The zero-order valence-electron chi connectivity index (χ0n) is 9.90. The average molecular weight is 204 g/mol. The Morgan fingerprint density at radius 2 is 1.87 bits per heavy atom. The lowest BCUT2D eigenvalue weighted by molar-refractivity contribution is 0.436. The second kappa shape index (κ2) is 6.23. The Labute approximate surface area is 92.6 Å². The van der Waals surface area contributed by atoms with Gasteiger partial charge in [-0.05, 0) is 18.4 Å². The lowest BCUT2D eigenvalue weighted by Crippen LogP contribution is -2.10. The van der Waals surface area contributed by atoms with Crippen LogP contribution < -0.4 is 0 Å². The third kappa shape index (κ3) is 4.15. The number of hydrogen-bond acceptors (Lipinski definition) is 2. The van der Waals surface area contributed by atoms with Crippen molar-refractivity contribution in [3.05, 3.63) is 35.9 Å². The molecule has 0 unspecified atom stereocenters. The minimum atomic E-state index is 1.05. The molecule has 0 saturated heterocycles. The van der Waals surface area contributed by atoms with Crippen molar-refractivity contribution in [3.8, 4) is 0 Å². The molecule has 0 aliphatic rings. The maximum atomic E-state index is 4.53. The summed E-state index contributed by atoms with van der Waals surface area (Å²) in [6.07, 6.45) is 3.46. The highest BCUT2D eigenvalue weighted by Gasteiger charge is 2.02. The van der Waals surface area contributed by atoms with Crippen molar-refractivity contribution in [2.75, 3.05) is 14.1 Å². The second-order valence-corrected chi connectivity index (χ2v) is 3.86. The third-order valence-electron chi connectivity index (χ3n) is 2.19. The van der Waals surface area contributed by atoms with Crippen LogP contribution in [0.5, 0.6) is 0 Å². The number of hydrogen-bond donors (Lipinski definition) is 0. The Kier molecular flexibility index (Phi) is 4.88. The van der Waals surface area contributed by atoms with E-state index < -0.39 is 0 Å². The van der Waals surface area contributed by atoms with Crippen molar-refractivity contribution in [2.24, 2.45) is 5.10 Å². The van der Waals surface area contributed by atoms with Gasteiger partial charge in [0.05, 0.1) is 5.71 Å². The Hall–Kier alpha value is -1.31. The molecular weight excluding hydrogens is 184 g/mol. The summed E-state index contributed by atoms with van der Waals surface area (Å²) >= 11 is 0. The molecule has 0 N–H and O–H groups in total. The normalized spacial score (nSPS) is 11.5. The summed E-state index contributed by atoms with van der Waals surface area (Å²) in [4.78, 5) is 0. The van der Waals surface area contributed by atoms with Crippen LogP contribution in [0.4, 0.5) is 0 Å². The van der Waals surface area contributed by atoms with Gasteiger partial charge in [-0.2, -0.15) is 5.10 Å². The molecule has 1 aromatic rings. The molecule has 1 rings (SSSR count). The number of benzene rings is 1.